The van der Waals surface area contributed by atoms with Crippen LogP contribution in [0.4, 0.5) is 0 Å². The van der Waals surface area contributed by atoms with E-state index in [-0.39, 0.29) is 0 Å². The Kier molecular flexibility index (Phi) is 1.80. The molecule has 0 saturated carbocycles. The van der Waals surface area contributed by atoms with Crippen LogP contribution in [-0.4, -0.2) is 0 Å². The topological polar surface area (TPSA) is 0 Å². The molecule has 3 aliphatic rings. The molecule has 0 atom stereocenters. The van der Waals surface area contributed by atoms with Gasteiger partial charge in [0.15, 0.2) is 0 Å². The van der Waals surface area contributed by atoms with Crippen molar-refractivity contribution in [2.24, 2.45) is 0 Å². The van der Waals surface area contributed by atoms with Crippen LogP contribution in [-0.2, 0) is 19.3 Å². The number of hydrogen-bond donors (Lipinski definition) is 0. The van der Waals surface area contributed by atoms with Gasteiger partial charge in [0.2, 0.25) is 0 Å². The Morgan fingerprint density at radius 3 is 2.36 bits per heavy atom. The molecular formula is C22H16. The molecule has 0 heterocycles. The first-order valence-electron chi connectivity index (χ1n) is 8.18. The molecule has 0 radical (unpaired) electrons. The molecule has 0 bridgehead atoms. The van der Waals surface area contributed by atoms with Crippen molar-refractivity contribution in [1.82, 2.24) is 0 Å². The molecule has 0 unspecified atom stereocenters. The quantitative estimate of drug-likeness (QED) is 0.365. The third kappa shape index (κ3) is 1.17. The second kappa shape index (κ2) is 3.52. The van der Waals surface area contributed by atoms with E-state index in [4.69, 9.17) is 0 Å². The summed E-state index contributed by atoms with van der Waals surface area (Å²) < 4.78 is 0. The lowest BCUT2D eigenvalue weighted by atomic mass is 9.93. The lowest BCUT2D eigenvalue weighted by molar-refractivity contribution is 1.13. The van der Waals surface area contributed by atoms with Crippen molar-refractivity contribution in [2.45, 2.75) is 26.2 Å². The Labute approximate surface area is 130 Å². The van der Waals surface area contributed by atoms with Crippen LogP contribution >= 0.6 is 0 Å². The number of fused-ring (bicyclic) bond motifs is 4. The maximum Gasteiger partial charge on any atom is -0.00102 e. The highest BCUT2D eigenvalue weighted by molar-refractivity contribution is 5.92. The molecular weight excluding hydrogens is 264 g/mol. The summed E-state index contributed by atoms with van der Waals surface area (Å²) in [5.41, 5.74) is 16.9. The van der Waals surface area contributed by atoms with Crippen molar-refractivity contribution in [3.63, 3.8) is 0 Å². The highest BCUT2D eigenvalue weighted by Gasteiger charge is 2.34. The van der Waals surface area contributed by atoms with Gasteiger partial charge in [-0.3, -0.25) is 0 Å². The van der Waals surface area contributed by atoms with Gasteiger partial charge < -0.3 is 0 Å². The Balaban J connectivity index is 1.68. The fourth-order valence-corrected chi connectivity index (χ4v) is 4.92. The van der Waals surface area contributed by atoms with E-state index in [1.54, 1.807) is 38.9 Å². The van der Waals surface area contributed by atoms with Crippen molar-refractivity contribution >= 4 is 0 Å². The van der Waals surface area contributed by atoms with Crippen LogP contribution in [0, 0.1) is 6.92 Å². The summed E-state index contributed by atoms with van der Waals surface area (Å²) >= 11 is 0. The van der Waals surface area contributed by atoms with E-state index in [0.717, 1.165) is 19.3 Å². The molecule has 104 valence electrons. The second-order valence-corrected chi connectivity index (χ2v) is 7.06. The maximum absolute atomic E-state index is 2.49. The predicted octanol–water partition coefficient (Wildman–Crippen LogP) is 5.04. The average Bonchev–Trinajstić information content (AvgIpc) is 3.16. The number of hydrogen-bond acceptors (Lipinski definition) is 0. The molecule has 0 saturated heterocycles. The standard InChI is InChI=1S/C22H16/c1-12-5-6-17-15(7-12)10-19-18(17)11-16-8-13-3-2-4-14-9-20(19)22(16)21(13)14/h2-7,11H,8-10H2,1H3. The molecule has 3 aromatic carbocycles. The Morgan fingerprint density at radius 1 is 0.636 bits per heavy atom. The van der Waals surface area contributed by atoms with Gasteiger partial charge in [0.25, 0.3) is 0 Å². The van der Waals surface area contributed by atoms with Crippen LogP contribution in [0.3, 0.4) is 0 Å². The fourth-order valence-electron chi connectivity index (χ4n) is 4.92. The zero-order valence-corrected chi connectivity index (χ0v) is 12.7. The summed E-state index contributed by atoms with van der Waals surface area (Å²) in [7, 11) is 0. The highest BCUT2D eigenvalue weighted by Crippen LogP contribution is 2.52. The summed E-state index contributed by atoms with van der Waals surface area (Å²) in [4.78, 5) is 0. The van der Waals surface area contributed by atoms with Gasteiger partial charge in [0.05, 0.1) is 0 Å². The minimum atomic E-state index is 1.12. The van der Waals surface area contributed by atoms with Crippen molar-refractivity contribution in [3.05, 3.63) is 81.4 Å². The molecule has 6 rings (SSSR count). The van der Waals surface area contributed by atoms with E-state index < -0.39 is 0 Å². The fraction of sp³-hybridized carbons (Fsp3) is 0.182. The van der Waals surface area contributed by atoms with E-state index in [1.807, 2.05) is 0 Å². The normalized spacial score (nSPS) is 15.0. The van der Waals surface area contributed by atoms with Gasteiger partial charge >= 0.3 is 0 Å². The van der Waals surface area contributed by atoms with Crippen molar-refractivity contribution in [3.8, 4) is 22.3 Å². The largest absolute Gasteiger partial charge is 0.0617 e. The minimum absolute atomic E-state index is 1.12. The van der Waals surface area contributed by atoms with E-state index in [0.29, 0.717) is 0 Å². The van der Waals surface area contributed by atoms with E-state index >= 15 is 0 Å². The molecule has 3 aliphatic carbocycles. The van der Waals surface area contributed by atoms with Crippen LogP contribution in [0.5, 0.6) is 0 Å². The van der Waals surface area contributed by atoms with E-state index in [1.165, 1.54) is 22.3 Å². The molecule has 22 heavy (non-hydrogen) atoms. The van der Waals surface area contributed by atoms with Crippen LogP contribution in [0.2, 0.25) is 0 Å². The third-order valence-corrected chi connectivity index (χ3v) is 5.78. The van der Waals surface area contributed by atoms with Crippen LogP contribution < -0.4 is 0 Å². The monoisotopic (exact) mass is 280 g/mol. The molecule has 0 N–H and O–H groups in total. The molecule has 0 aromatic heterocycles. The maximum atomic E-state index is 2.49. The van der Waals surface area contributed by atoms with Gasteiger partial charge in [-0.05, 0) is 87.9 Å². The van der Waals surface area contributed by atoms with Gasteiger partial charge in [0.1, 0.15) is 0 Å². The van der Waals surface area contributed by atoms with Crippen molar-refractivity contribution in [2.75, 3.05) is 0 Å². The lowest BCUT2D eigenvalue weighted by Gasteiger charge is -2.10. The zero-order chi connectivity index (χ0) is 14.4. The molecule has 0 nitrogen and oxygen atoms in total. The first-order chi connectivity index (χ1) is 10.8. The highest BCUT2D eigenvalue weighted by atomic mass is 14.4. The summed E-state index contributed by atoms with van der Waals surface area (Å²) in [5.74, 6) is 0. The van der Waals surface area contributed by atoms with Gasteiger partial charge in [0, 0.05) is 0 Å². The Hall–Kier alpha value is -2.34. The molecule has 0 spiro atoms. The molecule has 0 heteroatoms. The molecule has 0 aliphatic heterocycles. The Bertz CT molecular complexity index is 1010. The summed E-state index contributed by atoms with van der Waals surface area (Å²) in [5, 5.41) is 0. The lowest BCUT2D eigenvalue weighted by Crippen LogP contribution is -1.95. The third-order valence-electron chi connectivity index (χ3n) is 5.78. The van der Waals surface area contributed by atoms with Crippen molar-refractivity contribution < 1.29 is 0 Å². The SMILES string of the molecule is Cc1ccc2c(c1)Cc1c-2cc2c3c1Cc1cccc(c1-3)C2. The number of rotatable bonds is 0. The van der Waals surface area contributed by atoms with Gasteiger partial charge in [-0.25, -0.2) is 0 Å². The van der Waals surface area contributed by atoms with E-state index in [9.17, 15) is 0 Å². The zero-order valence-electron chi connectivity index (χ0n) is 12.7. The van der Waals surface area contributed by atoms with Crippen molar-refractivity contribution in [1.29, 1.82) is 0 Å². The predicted molar refractivity (Wildman–Crippen MR) is 90.5 cm³/mol. The van der Waals surface area contributed by atoms with Gasteiger partial charge in [-0.2, -0.15) is 0 Å². The van der Waals surface area contributed by atoms with Crippen LogP contribution in [0.25, 0.3) is 22.3 Å². The summed E-state index contributed by atoms with van der Waals surface area (Å²) in [6.07, 6.45) is 3.39. The minimum Gasteiger partial charge on any atom is -0.0617 e. The average molecular weight is 280 g/mol. The van der Waals surface area contributed by atoms with E-state index in [2.05, 4.69) is 49.4 Å². The number of benzene rings is 3. The molecule has 3 aromatic rings. The second-order valence-electron chi connectivity index (χ2n) is 7.06. The first-order valence-corrected chi connectivity index (χ1v) is 8.18. The summed E-state index contributed by atoms with van der Waals surface area (Å²) in [6.45, 7) is 2.20. The molecule has 0 fully saturated rings. The van der Waals surface area contributed by atoms with Crippen LogP contribution in [0.1, 0.15) is 38.9 Å². The molecule has 0 amide bonds. The number of aryl methyl sites for hydroxylation is 1. The van der Waals surface area contributed by atoms with Crippen LogP contribution in [0.15, 0.2) is 42.5 Å². The first kappa shape index (κ1) is 11.3. The Morgan fingerprint density at radius 2 is 1.45 bits per heavy atom. The smallest absolute Gasteiger partial charge is 0.00102 e. The van der Waals surface area contributed by atoms with Gasteiger partial charge in [-0.15, -0.1) is 0 Å². The van der Waals surface area contributed by atoms with Gasteiger partial charge in [-0.1, -0.05) is 42.0 Å². The summed E-state index contributed by atoms with van der Waals surface area (Å²) in [6, 6.07) is 16.3.